The van der Waals surface area contributed by atoms with Crippen molar-refractivity contribution in [3.63, 3.8) is 0 Å². The molecule has 100 valence electrons. The van der Waals surface area contributed by atoms with Gasteiger partial charge in [-0.2, -0.15) is 0 Å². The summed E-state index contributed by atoms with van der Waals surface area (Å²) in [7, 11) is 0. The number of anilines is 1. The first kappa shape index (κ1) is 13.0. The topological polar surface area (TPSA) is 121 Å². The Labute approximate surface area is 107 Å². The number of aromatic amines is 2. The molecule has 1 atom stereocenters. The molecule has 1 heterocycles. The normalized spacial score (nSPS) is 12.3. The van der Waals surface area contributed by atoms with Crippen LogP contribution in [0.25, 0.3) is 11.0 Å². The van der Waals surface area contributed by atoms with Crippen LogP contribution >= 0.6 is 0 Å². The molecule has 2 aromatic rings. The third-order valence-electron chi connectivity index (χ3n) is 2.79. The molecule has 0 aliphatic rings. The van der Waals surface area contributed by atoms with Gasteiger partial charge in [-0.25, -0.2) is 0 Å². The van der Waals surface area contributed by atoms with Crippen molar-refractivity contribution in [3.05, 3.63) is 38.9 Å². The molecular weight excluding hydrogens is 248 g/mol. The van der Waals surface area contributed by atoms with Gasteiger partial charge in [-0.3, -0.25) is 14.4 Å². The third kappa shape index (κ3) is 2.71. The summed E-state index contributed by atoms with van der Waals surface area (Å²) in [5, 5.41) is 2.69. The molecule has 19 heavy (non-hydrogen) atoms. The number of benzene rings is 1. The highest BCUT2D eigenvalue weighted by Gasteiger charge is 2.11. The molecule has 1 unspecified atom stereocenters. The highest BCUT2D eigenvalue weighted by molar-refractivity contribution is 5.94. The minimum Gasteiger partial charge on any atom is -0.330 e. The quantitative estimate of drug-likeness (QED) is 0.570. The number of nitrogens with two attached hydrogens (primary N) is 1. The Kier molecular flexibility index (Phi) is 3.48. The van der Waals surface area contributed by atoms with E-state index in [2.05, 4.69) is 15.3 Å². The summed E-state index contributed by atoms with van der Waals surface area (Å²) in [5.74, 6) is -0.501. The molecule has 2 rings (SSSR count). The van der Waals surface area contributed by atoms with Crippen molar-refractivity contribution < 1.29 is 4.79 Å². The molecule has 0 bridgehead atoms. The van der Waals surface area contributed by atoms with E-state index in [1.54, 1.807) is 25.1 Å². The van der Waals surface area contributed by atoms with Gasteiger partial charge in [0.2, 0.25) is 5.91 Å². The van der Waals surface area contributed by atoms with E-state index >= 15 is 0 Å². The second-order valence-electron chi connectivity index (χ2n) is 4.29. The predicted octanol–water partition coefficient (Wildman–Crippen LogP) is -0.250. The van der Waals surface area contributed by atoms with E-state index < -0.39 is 11.1 Å². The Balaban J connectivity index is 2.37. The fraction of sp³-hybridized carbons (Fsp3) is 0.250. The number of hydrogen-bond donors (Lipinski definition) is 4. The zero-order chi connectivity index (χ0) is 14.0. The Bertz CT molecular complexity index is 732. The van der Waals surface area contributed by atoms with Crippen LogP contribution in [0.15, 0.2) is 27.8 Å². The molecule has 0 aliphatic heterocycles. The summed E-state index contributed by atoms with van der Waals surface area (Å²) in [6, 6.07) is 4.82. The van der Waals surface area contributed by atoms with E-state index in [1.165, 1.54) is 0 Å². The average molecular weight is 262 g/mol. The zero-order valence-electron chi connectivity index (χ0n) is 10.3. The second kappa shape index (κ2) is 5.07. The lowest BCUT2D eigenvalue weighted by atomic mass is 10.1. The summed E-state index contributed by atoms with van der Waals surface area (Å²) in [6.07, 6.45) is 0. The molecule has 7 heteroatoms. The number of aromatic nitrogens is 2. The summed E-state index contributed by atoms with van der Waals surface area (Å²) in [4.78, 5) is 38.9. The number of carbonyl (C=O) groups excluding carboxylic acids is 1. The lowest BCUT2D eigenvalue weighted by molar-refractivity contribution is -0.119. The van der Waals surface area contributed by atoms with Crippen molar-refractivity contribution in [3.8, 4) is 0 Å². The van der Waals surface area contributed by atoms with Gasteiger partial charge in [0, 0.05) is 18.2 Å². The average Bonchev–Trinajstić information content (AvgIpc) is 2.39. The Morgan fingerprint density at radius 1 is 1.26 bits per heavy atom. The highest BCUT2D eigenvalue weighted by Crippen LogP contribution is 2.14. The number of fused-ring (bicyclic) bond motifs is 1. The molecule has 1 aromatic carbocycles. The van der Waals surface area contributed by atoms with E-state index in [9.17, 15) is 14.4 Å². The summed E-state index contributed by atoms with van der Waals surface area (Å²) in [5.41, 5.74) is 5.44. The van der Waals surface area contributed by atoms with Crippen LogP contribution in [-0.2, 0) is 4.79 Å². The van der Waals surface area contributed by atoms with Crippen LogP contribution < -0.4 is 22.2 Å². The number of H-pyrrole nitrogens is 2. The lowest BCUT2D eigenvalue weighted by Gasteiger charge is -2.10. The Morgan fingerprint density at radius 3 is 2.53 bits per heavy atom. The number of hydrogen-bond acceptors (Lipinski definition) is 4. The monoisotopic (exact) mass is 262 g/mol. The summed E-state index contributed by atoms with van der Waals surface area (Å²) in [6.45, 7) is 1.97. The lowest BCUT2D eigenvalue weighted by Crippen LogP contribution is -2.29. The Hall–Kier alpha value is -2.41. The van der Waals surface area contributed by atoms with Gasteiger partial charge in [-0.15, -0.1) is 0 Å². The number of nitrogens with one attached hydrogen (secondary N) is 3. The van der Waals surface area contributed by atoms with E-state index in [4.69, 9.17) is 5.73 Å². The minimum absolute atomic E-state index is 0.200. The molecule has 0 saturated carbocycles. The molecule has 0 spiro atoms. The molecule has 0 radical (unpaired) electrons. The van der Waals surface area contributed by atoms with Gasteiger partial charge < -0.3 is 21.0 Å². The minimum atomic E-state index is -0.730. The predicted molar refractivity (Wildman–Crippen MR) is 72.0 cm³/mol. The second-order valence-corrected chi connectivity index (χ2v) is 4.29. The van der Waals surface area contributed by atoms with E-state index in [0.717, 1.165) is 0 Å². The van der Waals surface area contributed by atoms with Crippen LogP contribution in [0.3, 0.4) is 0 Å². The van der Waals surface area contributed by atoms with Gasteiger partial charge in [0.15, 0.2) is 0 Å². The van der Waals surface area contributed by atoms with Crippen molar-refractivity contribution in [2.45, 2.75) is 6.92 Å². The summed E-state index contributed by atoms with van der Waals surface area (Å²) >= 11 is 0. The van der Waals surface area contributed by atoms with Gasteiger partial charge >= 0.3 is 11.1 Å². The van der Waals surface area contributed by atoms with Crippen LogP contribution in [0, 0.1) is 5.92 Å². The standard InChI is InChI=1S/C12H14N4O3/c1-6(5-13)10(17)14-7-2-3-8-9(4-7)16-12(19)11(18)15-8/h2-4,6H,5,13H2,1H3,(H,14,17)(H,15,18)(H,16,19). The molecule has 0 saturated heterocycles. The fourth-order valence-corrected chi connectivity index (χ4v) is 1.57. The van der Waals surface area contributed by atoms with Gasteiger partial charge in [-0.05, 0) is 18.2 Å². The number of rotatable bonds is 3. The van der Waals surface area contributed by atoms with Crippen LogP contribution in [0.5, 0.6) is 0 Å². The zero-order valence-corrected chi connectivity index (χ0v) is 10.3. The van der Waals surface area contributed by atoms with Gasteiger partial charge in [-0.1, -0.05) is 6.92 Å². The molecule has 5 N–H and O–H groups in total. The molecule has 1 aromatic heterocycles. The van der Waals surface area contributed by atoms with Crippen LogP contribution in [0.2, 0.25) is 0 Å². The maximum atomic E-state index is 11.7. The van der Waals surface area contributed by atoms with Gasteiger partial charge in [0.1, 0.15) is 0 Å². The number of carbonyl (C=O) groups is 1. The SMILES string of the molecule is CC(CN)C(=O)Nc1ccc2[nH]c(=O)c(=O)[nH]c2c1. The van der Waals surface area contributed by atoms with Crippen LogP contribution in [-0.4, -0.2) is 22.4 Å². The fourth-order valence-electron chi connectivity index (χ4n) is 1.57. The largest absolute Gasteiger partial charge is 0.330 e. The van der Waals surface area contributed by atoms with Gasteiger partial charge in [0.25, 0.3) is 0 Å². The van der Waals surface area contributed by atoms with E-state index in [0.29, 0.717) is 16.7 Å². The molecule has 0 aliphatic carbocycles. The van der Waals surface area contributed by atoms with Crippen molar-refractivity contribution in [2.24, 2.45) is 11.7 Å². The van der Waals surface area contributed by atoms with Crippen LogP contribution in [0.1, 0.15) is 6.92 Å². The molecule has 7 nitrogen and oxygen atoms in total. The maximum Gasteiger partial charge on any atom is 0.314 e. The smallest absolute Gasteiger partial charge is 0.314 e. The summed E-state index contributed by atoms with van der Waals surface area (Å²) < 4.78 is 0. The van der Waals surface area contributed by atoms with Gasteiger partial charge in [0.05, 0.1) is 11.0 Å². The van der Waals surface area contributed by atoms with Crippen molar-refractivity contribution in [1.29, 1.82) is 0 Å². The van der Waals surface area contributed by atoms with E-state index in [-0.39, 0.29) is 18.4 Å². The third-order valence-corrected chi connectivity index (χ3v) is 2.79. The van der Waals surface area contributed by atoms with E-state index in [1.807, 2.05) is 0 Å². The van der Waals surface area contributed by atoms with Crippen molar-refractivity contribution in [2.75, 3.05) is 11.9 Å². The first-order valence-electron chi connectivity index (χ1n) is 5.78. The van der Waals surface area contributed by atoms with Crippen molar-refractivity contribution >= 4 is 22.6 Å². The Morgan fingerprint density at radius 2 is 1.89 bits per heavy atom. The first-order valence-corrected chi connectivity index (χ1v) is 5.78. The van der Waals surface area contributed by atoms with Crippen molar-refractivity contribution in [1.82, 2.24) is 9.97 Å². The molecule has 1 amide bonds. The maximum absolute atomic E-state index is 11.7. The molecule has 0 fully saturated rings. The molecular formula is C12H14N4O3. The highest BCUT2D eigenvalue weighted by atomic mass is 16.2. The first-order chi connectivity index (χ1) is 9.01. The van der Waals surface area contributed by atoms with Crippen LogP contribution in [0.4, 0.5) is 5.69 Å². The number of amides is 1.